The van der Waals surface area contributed by atoms with E-state index in [2.05, 4.69) is 5.10 Å². The molecule has 0 bridgehead atoms. The summed E-state index contributed by atoms with van der Waals surface area (Å²) in [5, 5.41) is 5.25. The molecule has 0 aliphatic carbocycles. The van der Waals surface area contributed by atoms with Gasteiger partial charge in [-0.1, -0.05) is 30.3 Å². The van der Waals surface area contributed by atoms with Gasteiger partial charge >= 0.3 is 0 Å². The fourth-order valence-electron chi connectivity index (χ4n) is 3.88. The monoisotopic (exact) mass is 378 g/mol. The summed E-state index contributed by atoms with van der Waals surface area (Å²) in [6.45, 7) is 6.81. The molecule has 1 aliphatic heterocycles. The molecule has 1 aliphatic rings. The van der Waals surface area contributed by atoms with E-state index in [0.29, 0.717) is 25.3 Å². The Morgan fingerprint density at radius 2 is 2.07 bits per heavy atom. The molecule has 2 aromatic heterocycles. The number of aromatic nitrogens is 3. The van der Waals surface area contributed by atoms with E-state index >= 15 is 0 Å². The van der Waals surface area contributed by atoms with Crippen LogP contribution in [0.25, 0.3) is 22.3 Å². The molecule has 0 spiro atoms. The van der Waals surface area contributed by atoms with E-state index in [-0.39, 0.29) is 12.0 Å². The van der Waals surface area contributed by atoms with Crippen molar-refractivity contribution < 1.29 is 9.53 Å². The average Bonchev–Trinajstić information content (AvgIpc) is 3.17. The standard InChI is InChI=1S/C22H26N4O2/c1-3-26-21-19(14-23-26)18(13-20(24-21)16-9-6-5-7-10-16)22(27)25-12-8-11-17(15-25)28-4-2/h5-7,9-10,13-14,17H,3-4,8,11-12,15H2,1-2H3. The highest BCUT2D eigenvalue weighted by atomic mass is 16.5. The van der Waals surface area contributed by atoms with Gasteiger partial charge in [-0.25, -0.2) is 9.67 Å². The summed E-state index contributed by atoms with van der Waals surface area (Å²) in [6, 6.07) is 11.9. The fourth-order valence-corrected chi connectivity index (χ4v) is 3.88. The maximum atomic E-state index is 13.5. The summed E-state index contributed by atoms with van der Waals surface area (Å²) >= 11 is 0. The molecule has 146 valence electrons. The van der Waals surface area contributed by atoms with Gasteiger partial charge in [-0.05, 0) is 32.8 Å². The van der Waals surface area contributed by atoms with Gasteiger partial charge in [0.2, 0.25) is 0 Å². The van der Waals surface area contributed by atoms with Crippen molar-refractivity contribution in [2.24, 2.45) is 0 Å². The molecule has 4 rings (SSSR count). The highest BCUT2D eigenvalue weighted by Crippen LogP contribution is 2.27. The van der Waals surface area contributed by atoms with Crippen LogP contribution < -0.4 is 0 Å². The normalized spacial score (nSPS) is 17.2. The van der Waals surface area contributed by atoms with Crippen LogP contribution in [0.2, 0.25) is 0 Å². The highest BCUT2D eigenvalue weighted by molar-refractivity contribution is 6.06. The first-order valence-electron chi connectivity index (χ1n) is 10.0. The number of rotatable bonds is 5. The van der Waals surface area contributed by atoms with E-state index in [1.54, 1.807) is 6.20 Å². The van der Waals surface area contributed by atoms with Crippen molar-refractivity contribution in [3.63, 3.8) is 0 Å². The highest BCUT2D eigenvalue weighted by Gasteiger charge is 2.27. The first-order valence-corrected chi connectivity index (χ1v) is 10.0. The minimum atomic E-state index is 0.0321. The van der Waals surface area contributed by atoms with Crippen LogP contribution in [0.5, 0.6) is 0 Å². The van der Waals surface area contributed by atoms with Gasteiger partial charge in [0.05, 0.1) is 28.9 Å². The van der Waals surface area contributed by atoms with Gasteiger partial charge in [0.15, 0.2) is 5.65 Å². The van der Waals surface area contributed by atoms with Crippen molar-refractivity contribution >= 4 is 16.9 Å². The Morgan fingerprint density at radius 1 is 1.25 bits per heavy atom. The van der Waals surface area contributed by atoms with E-state index in [9.17, 15) is 4.79 Å². The number of aryl methyl sites for hydroxylation is 1. The summed E-state index contributed by atoms with van der Waals surface area (Å²) in [7, 11) is 0. The number of amides is 1. The summed E-state index contributed by atoms with van der Waals surface area (Å²) in [5.74, 6) is 0.0321. The maximum Gasteiger partial charge on any atom is 0.254 e. The SMILES string of the molecule is CCOC1CCCN(C(=O)c2cc(-c3ccccc3)nc3c2cnn3CC)C1. The van der Waals surface area contributed by atoms with Crippen LogP contribution in [-0.2, 0) is 11.3 Å². The molecule has 0 radical (unpaired) electrons. The number of hydrogen-bond acceptors (Lipinski definition) is 4. The van der Waals surface area contributed by atoms with Crippen LogP contribution in [-0.4, -0.2) is 51.4 Å². The lowest BCUT2D eigenvalue weighted by atomic mass is 10.0. The largest absolute Gasteiger partial charge is 0.377 e. The van der Waals surface area contributed by atoms with E-state index in [1.165, 1.54) is 0 Å². The van der Waals surface area contributed by atoms with Crippen molar-refractivity contribution in [2.45, 2.75) is 39.3 Å². The Balaban J connectivity index is 1.77. The van der Waals surface area contributed by atoms with Crippen molar-refractivity contribution in [1.82, 2.24) is 19.7 Å². The smallest absolute Gasteiger partial charge is 0.254 e. The van der Waals surface area contributed by atoms with E-state index in [0.717, 1.165) is 41.7 Å². The number of fused-ring (bicyclic) bond motifs is 1. The van der Waals surface area contributed by atoms with Crippen LogP contribution in [0.1, 0.15) is 37.0 Å². The van der Waals surface area contributed by atoms with Crippen molar-refractivity contribution in [2.75, 3.05) is 19.7 Å². The minimum absolute atomic E-state index is 0.0321. The number of piperidine rings is 1. The Morgan fingerprint density at radius 3 is 2.82 bits per heavy atom. The van der Waals surface area contributed by atoms with Crippen LogP contribution in [0.15, 0.2) is 42.6 Å². The Kier molecular flexibility index (Phi) is 5.39. The topological polar surface area (TPSA) is 60.2 Å². The van der Waals surface area contributed by atoms with Gasteiger partial charge < -0.3 is 9.64 Å². The summed E-state index contributed by atoms with van der Waals surface area (Å²) in [4.78, 5) is 20.2. The summed E-state index contributed by atoms with van der Waals surface area (Å²) < 4.78 is 7.62. The van der Waals surface area contributed by atoms with Crippen molar-refractivity contribution in [1.29, 1.82) is 0 Å². The molecule has 3 aromatic rings. The van der Waals surface area contributed by atoms with Crippen LogP contribution in [0.3, 0.4) is 0 Å². The predicted octanol–water partition coefficient (Wildman–Crippen LogP) is 3.76. The number of pyridine rings is 1. The predicted molar refractivity (Wildman–Crippen MR) is 109 cm³/mol. The van der Waals surface area contributed by atoms with Crippen molar-refractivity contribution in [3.05, 3.63) is 48.2 Å². The molecule has 1 fully saturated rings. The molecular weight excluding hydrogens is 352 g/mol. The number of benzene rings is 1. The lowest BCUT2D eigenvalue weighted by Crippen LogP contribution is -2.43. The Hall–Kier alpha value is -2.73. The van der Waals surface area contributed by atoms with Crippen LogP contribution >= 0.6 is 0 Å². The third kappa shape index (κ3) is 3.52. The fraction of sp³-hybridized carbons (Fsp3) is 0.409. The molecule has 1 atom stereocenters. The zero-order valence-electron chi connectivity index (χ0n) is 16.5. The quantitative estimate of drug-likeness (QED) is 0.678. The number of likely N-dealkylation sites (tertiary alicyclic amines) is 1. The van der Waals surface area contributed by atoms with Gasteiger partial charge in [-0.3, -0.25) is 4.79 Å². The molecule has 28 heavy (non-hydrogen) atoms. The number of carbonyl (C=O) groups excluding carboxylic acids is 1. The third-order valence-corrected chi connectivity index (χ3v) is 5.28. The Bertz CT molecular complexity index is 965. The van der Waals surface area contributed by atoms with Gasteiger partial charge in [-0.2, -0.15) is 5.10 Å². The molecule has 1 saturated heterocycles. The Labute approximate surface area is 165 Å². The van der Waals surface area contributed by atoms with Gasteiger partial charge in [0.1, 0.15) is 0 Å². The van der Waals surface area contributed by atoms with E-state index < -0.39 is 0 Å². The lowest BCUT2D eigenvalue weighted by Gasteiger charge is -2.32. The number of ether oxygens (including phenoxy) is 1. The first-order chi connectivity index (χ1) is 13.7. The second kappa shape index (κ2) is 8.10. The molecule has 6 nitrogen and oxygen atoms in total. The summed E-state index contributed by atoms with van der Waals surface area (Å²) in [6.07, 6.45) is 3.85. The zero-order chi connectivity index (χ0) is 19.5. The van der Waals surface area contributed by atoms with Gasteiger partial charge in [0.25, 0.3) is 5.91 Å². The zero-order valence-corrected chi connectivity index (χ0v) is 16.5. The number of hydrogen-bond donors (Lipinski definition) is 0. The van der Waals surface area contributed by atoms with E-state index in [4.69, 9.17) is 9.72 Å². The molecule has 1 unspecified atom stereocenters. The molecular formula is C22H26N4O2. The third-order valence-electron chi connectivity index (χ3n) is 5.28. The molecule has 6 heteroatoms. The molecule has 3 heterocycles. The van der Waals surface area contributed by atoms with Crippen molar-refractivity contribution in [3.8, 4) is 11.3 Å². The lowest BCUT2D eigenvalue weighted by molar-refractivity contribution is 0.00731. The second-order valence-corrected chi connectivity index (χ2v) is 7.09. The number of carbonyl (C=O) groups is 1. The average molecular weight is 378 g/mol. The number of nitrogens with zero attached hydrogens (tertiary/aromatic N) is 4. The summed E-state index contributed by atoms with van der Waals surface area (Å²) in [5.41, 5.74) is 3.21. The first kappa shape index (κ1) is 18.6. The minimum Gasteiger partial charge on any atom is -0.377 e. The maximum absolute atomic E-state index is 13.5. The molecule has 1 amide bonds. The van der Waals surface area contributed by atoms with Gasteiger partial charge in [-0.15, -0.1) is 0 Å². The molecule has 0 saturated carbocycles. The molecule has 1 aromatic carbocycles. The van der Waals surface area contributed by atoms with E-state index in [1.807, 2.05) is 59.8 Å². The van der Waals surface area contributed by atoms with Gasteiger partial charge in [0, 0.05) is 31.8 Å². The molecule has 0 N–H and O–H groups in total. The van der Waals surface area contributed by atoms with Crippen LogP contribution in [0, 0.1) is 0 Å². The van der Waals surface area contributed by atoms with Crippen LogP contribution in [0.4, 0.5) is 0 Å². The second-order valence-electron chi connectivity index (χ2n) is 7.09.